The predicted octanol–water partition coefficient (Wildman–Crippen LogP) is 4.23. The minimum atomic E-state index is -0.602. The van der Waals surface area contributed by atoms with Gasteiger partial charge in [-0.3, -0.25) is 4.79 Å². The zero-order chi connectivity index (χ0) is 18.5. The summed E-state index contributed by atoms with van der Waals surface area (Å²) >= 11 is 0. The van der Waals surface area contributed by atoms with Crippen molar-refractivity contribution < 1.29 is 14.7 Å². The van der Waals surface area contributed by atoms with Crippen molar-refractivity contribution in [2.24, 2.45) is 15.4 Å². The molecule has 7 heteroatoms. The van der Waals surface area contributed by atoms with Gasteiger partial charge in [0, 0.05) is 5.39 Å². The molecule has 0 saturated heterocycles. The number of nitrogens with zero attached hydrogens (tertiary/aromatic N) is 3. The molecule has 1 aromatic heterocycles. The van der Waals surface area contributed by atoms with Crippen molar-refractivity contribution in [3.63, 3.8) is 0 Å². The van der Waals surface area contributed by atoms with Gasteiger partial charge in [-0.05, 0) is 25.5 Å². The first-order valence-electron chi connectivity index (χ1n) is 8.02. The van der Waals surface area contributed by atoms with E-state index in [9.17, 15) is 9.90 Å². The molecule has 0 bridgehead atoms. The fourth-order valence-electron chi connectivity index (χ4n) is 2.38. The Bertz CT molecular complexity index is 988. The van der Waals surface area contributed by atoms with Crippen molar-refractivity contribution in [3.05, 3.63) is 59.7 Å². The van der Waals surface area contributed by atoms with Crippen LogP contribution in [0.3, 0.4) is 0 Å². The van der Waals surface area contributed by atoms with E-state index in [0.29, 0.717) is 16.6 Å². The standard InChI is InChI=1S/C19H18N4O3/c1-12-7-9-14(10-8-12)13(2)23-26-11-17(24)21-22-18-15-5-3-4-6-16(15)20-19(18)25/h3-10,20,25H,11H2,1-2H3/b22-21?,23-13-. The summed E-state index contributed by atoms with van der Waals surface area (Å²) in [4.78, 5) is 19.6. The first-order valence-corrected chi connectivity index (χ1v) is 8.02. The third-order valence-corrected chi connectivity index (χ3v) is 3.78. The molecule has 2 aromatic carbocycles. The lowest BCUT2D eigenvalue weighted by Gasteiger charge is -2.01. The van der Waals surface area contributed by atoms with Gasteiger partial charge >= 0.3 is 5.91 Å². The van der Waals surface area contributed by atoms with Crippen LogP contribution in [0.2, 0.25) is 0 Å². The smallest absolute Gasteiger partial charge is 0.304 e. The van der Waals surface area contributed by atoms with Crippen molar-refractivity contribution in [3.8, 4) is 5.88 Å². The van der Waals surface area contributed by atoms with Crippen LogP contribution in [-0.4, -0.2) is 28.3 Å². The summed E-state index contributed by atoms with van der Waals surface area (Å²) in [6.45, 7) is 3.46. The van der Waals surface area contributed by atoms with Crippen LogP contribution in [0.5, 0.6) is 5.88 Å². The first kappa shape index (κ1) is 17.3. The van der Waals surface area contributed by atoms with Crippen LogP contribution in [0.25, 0.3) is 10.9 Å². The van der Waals surface area contributed by atoms with Crippen LogP contribution >= 0.6 is 0 Å². The van der Waals surface area contributed by atoms with Crippen molar-refractivity contribution in [2.75, 3.05) is 6.61 Å². The van der Waals surface area contributed by atoms with Crippen LogP contribution in [0.4, 0.5) is 5.69 Å². The highest BCUT2D eigenvalue weighted by Gasteiger charge is 2.10. The minimum absolute atomic E-state index is 0.142. The number of azo groups is 1. The molecule has 0 aliphatic carbocycles. The maximum Gasteiger partial charge on any atom is 0.304 e. The van der Waals surface area contributed by atoms with E-state index in [4.69, 9.17) is 4.84 Å². The summed E-state index contributed by atoms with van der Waals surface area (Å²) in [5.41, 5.74) is 3.64. The number of rotatable bonds is 5. The van der Waals surface area contributed by atoms with Gasteiger partial charge < -0.3 is 14.9 Å². The highest BCUT2D eigenvalue weighted by atomic mass is 16.6. The van der Waals surface area contributed by atoms with Crippen molar-refractivity contribution in [2.45, 2.75) is 13.8 Å². The largest absolute Gasteiger partial charge is 0.493 e. The molecule has 3 aromatic rings. The van der Waals surface area contributed by atoms with Crippen LogP contribution in [-0.2, 0) is 9.63 Å². The number of amides is 1. The molecular weight excluding hydrogens is 332 g/mol. The SMILES string of the molecule is C/C(=N/OCC(=O)N=Nc1c(O)[nH]c2ccccc12)c1ccc(C)cc1. The summed E-state index contributed by atoms with van der Waals surface area (Å²) < 4.78 is 0. The number of carbonyl (C=O) groups excluding carboxylic acids is 1. The number of hydrogen-bond acceptors (Lipinski definition) is 5. The summed E-state index contributed by atoms with van der Waals surface area (Å²) in [5, 5.41) is 21.9. The highest BCUT2D eigenvalue weighted by molar-refractivity contribution is 5.98. The number of aryl methyl sites for hydroxylation is 1. The number of carbonyl (C=O) groups is 1. The van der Waals surface area contributed by atoms with Crippen LogP contribution < -0.4 is 0 Å². The normalized spacial score (nSPS) is 12.0. The molecule has 2 N–H and O–H groups in total. The lowest BCUT2D eigenvalue weighted by Crippen LogP contribution is -2.04. The molecule has 0 saturated carbocycles. The second kappa shape index (κ2) is 7.60. The van der Waals surface area contributed by atoms with Gasteiger partial charge in [-0.1, -0.05) is 53.2 Å². The van der Waals surface area contributed by atoms with Crippen molar-refractivity contribution in [1.82, 2.24) is 4.98 Å². The molecule has 1 amide bonds. The number of oxime groups is 1. The molecule has 7 nitrogen and oxygen atoms in total. The number of benzene rings is 2. The average molecular weight is 350 g/mol. The van der Waals surface area contributed by atoms with Gasteiger partial charge in [-0.25, -0.2) is 0 Å². The maximum absolute atomic E-state index is 11.8. The number of aromatic amines is 1. The molecule has 0 atom stereocenters. The van der Waals surface area contributed by atoms with E-state index < -0.39 is 5.91 Å². The quantitative estimate of drug-likeness (QED) is 0.409. The monoisotopic (exact) mass is 350 g/mol. The molecule has 0 spiro atoms. The molecule has 0 radical (unpaired) electrons. The topological polar surface area (TPSA) is 99.4 Å². The summed E-state index contributed by atoms with van der Waals surface area (Å²) in [6.07, 6.45) is 0. The van der Waals surface area contributed by atoms with E-state index in [1.807, 2.05) is 43.3 Å². The summed E-state index contributed by atoms with van der Waals surface area (Å²) in [5.74, 6) is -0.743. The zero-order valence-electron chi connectivity index (χ0n) is 14.4. The fraction of sp³-hybridized carbons (Fsp3) is 0.158. The van der Waals surface area contributed by atoms with E-state index in [1.54, 1.807) is 19.1 Å². The van der Waals surface area contributed by atoms with E-state index in [1.165, 1.54) is 0 Å². The fourth-order valence-corrected chi connectivity index (χ4v) is 2.38. The van der Waals surface area contributed by atoms with Gasteiger partial charge in [-0.2, -0.15) is 0 Å². The molecule has 0 aliphatic rings. The Labute approximate surface area is 150 Å². The van der Waals surface area contributed by atoms with Gasteiger partial charge in [0.05, 0.1) is 11.2 Å². The Balaban J connectivity index is 1.61. The van der Waals surface area contributed by atoms with Gasteiger partial charge in [0.15, 0.2) is 12.3 Å². The molecular formula is C19H18N4O3. The highest BCUT2D eigenvalue weighted by Crippen LogP contribution is 2.35. The molecule has 1 heterocycles. The second-order valence-corrected chi connectivity index (χ2v) is 5.78. The zero-order valence-corrected chi connectivity index (χ0v) is 14.4. The second-order valence-electron chi connectivity index (χ2n) is 5.78. The molecule has 26 heavy (non-hydrogen) atoms. The number of aromatic hydroxyl groups is 1. The van der Waals surface area contributed by atoms with Gasteiger partial charge in [0.25, 0.3) is 0 Å². The van der Waals surface area contributed by atoms with Gasteiger partial charge in [0.1, 0.15) is 0 Å². The number of nitrogens with one attached hydrogen (secondary N) is 1. The number of H-pyrrole nitrogens is 1. The minimum Gasteiger partial charge on any atom is -0.493 e. The average Bonchev–Trinajstić information content (AvgIpc) is 2.95. The van der Waals surface area contributed by atoms with Crippen molar-refractivity contribution in [1.29, 1.82) is 0 Å². The first-order chi connectivity index (χ1) is 12.5. The van der Waals surface area contributed by atoms with Crippen LogP contribution in [0.1, 0.15) is 18.1 Å². The van der Waals surface area contributed by atoms with E-state index in [-0.39, 0.29) is 18.2 Å². The Kier molecular flexibility index (Phi) is 5.07. The maximum atomic E-state index is 11.8. The third kappa shape index (κ3) is 3.94. The molecule has 0 unspecified atom stereocenters. The van der Waals surface area contributed by atoms with Gasteiger partial charge in [-0.15, -0.1) is 10.2 Å². The number of fused-ring (bicyclic) bond motifs is 1. The van der Waals surface area contributed by atoms with Crippen LogP contribution in [0, 0.1) is 6.92 Å². The lowest BCUT2D eigenvalue weighted by atomic mass is 10.1. The molecule has 3 rings (SSSR count). The number of hydrogen-bond donors (Lipinski definition) is 2. The number of aromatic nitrogens is 1. The lowest BCUT2D eigenvalue weighted by molar-refractivity contribution is -0.122. The van der Waals surface area contributed by atoms with Crippen molar-refractivity contribution >= 4 is 28.2 Å². The Hall–Kier alpha value is -3.48. The Morgan fingerprint density at radius 2 is 1.88 bits per heavy atom. The summed E-state index contributed by atoms with van der Waals surface area (Å²) in [6, 6.07) is 15.0. The van der Waals surface area contributed by atoms with Crippen LogP contribution in [0.15, 0.2) is 63.9 Å². The summed E-state index contributed by atoms with van der Waals surface area (Å²) in [7, 11) is 0. The molecule has 132 valence electrons. The number of para-hydroxylation sites is 1. The van der Waals surface area contributed by atoms with E-state index >= 15 is 0 Å². The van der Waals surface area contributed by atoms with Gasteiger partial charge in [0.2, 0.25) is 5.88 Å². The third-order valence-electron chi connectivity index (χ3n) is 3.78. The molecule has 0 fully saturated rings. The predicted molar refractivity (Wildman–Crippen MR) is 98.8 cm³/mol. The Morgan fingerprint density at radius 3 is 2.65 bits per heavy atom. The van der Waals surface area contributed by atoms with E-state index in [2.05, 4.69) is 20.4 Å². The Morgan fingerprint density at radius 1 is 1.15 bits per heavy atom. The molecule has 0 aliphatic heterocycles. The van der Waals surface area contributed by atoms with E-state index in [0.717, 1.165) is 11.1 Å².